The van der Waals surface area contributed by atoms with Gasteiger partial charge in [0.15, 0.2) is 0 Å². The number of ether oxygens (including phenoxy) is 1. The molecule has 0 fully saturated rings. The minimum atomic E-state index is -0.548. The van der Waals surface area contributed by atoms with Gasteiger partial charge in [0.05, 0.1) is 13.2 Å². The normalized spacial score (nSPS) is 11.4. The number of hydrogen-bond donors (Lipinski definition) is 1. The summed E-state index contributed by atoms with van der Waals surface area (Å²) in [6.07, 6.45) is 1.43. The van der Waals surface area contributed by atoms with E-state index in [1.54, 1.807) is 7.11 Å². The highest BCUT2D eigenvalue weighted by molar-refractivity contribution is 5.80. The molecule has 0 bridgehead atoms. The Bertz CT molecular complexity index is 420. The van der Waals surface area contributed by atoms with Gasteiger partial charge in [-0.05, 0) is 24.1 Å². The number of nitrogens with one attached hydrogen (secondary N) is 1. The van der Waals surface area contributed by atoms with E-state index in [1.807, 2.05) is 37.3 Å². The number of nitriles is 1. The summed E-state index contributed by atoms with van der Waals surface area (Å²) in [5.41, 5.74) is 0.984. The summed E-state index contributed by atoms with van der Waals surface area (Å²) in [5, 5.41) is 11.6. The molecule has 0 saturated heterocycles. The van der Waals surface area contributed by atoms with Gasteiger partial charge in [0.25, 0.3) is 0 Å². The lowest BCUT2D eigenvalue weighted by molar-refractivity contribution is -0.123. The molecule has 0 radical (unpaired) electrons. The second-order valence-corrected chi connectivity index (χ2v) is 4.04. The molecule has 18 heavy (non-hydrogen) atoms. The first-order valence-corrected chi connectivity index (χ1v) is 6.01. The highest BCUT2D eigenvalue weighted by Gasteiger charge is 2.15. The fraction of sp³-hybridized carbons (Fsp3) is 0.429. The third kappa shape index (κ3) is 4.10. The molecular weight excluding hydrogens is 228 g/mol. The molecule has 0 heterocycles. The summed E-state index contributed by atoms with van der Waals surface area (Å²) in [6.45, 7) is 2.39. The molecule has 4 heteroatoms. The molecule has 1 rings (SSSR count). The average Bonchev–Trinajstić information content (AvgIpc) is 2.42. The number of methoxy groups -OCH3 is 1. The van der Waals surface area contributed by atoms with E-state index < -0.39 is 5.92 Å². The average molecular weight is 246 g/mol. The number of rotatable bonds is 6. The van der Waals surface area contributed by atoms with E-state index in [4.69, 9.17) is 10.00 Å². The van der Waals surface area contributed by atoms with Crippen LogP contribution in [0.25, 0.3) is 0 Å². The van der Waals surface area contributed by atoms with E-state index in [2.05, 4.69) is 5.32 Å². The van der Waals surface area contributed by atoms with Crippen molar-refractivity contribution in [2.24, 2.45) is 5.92 Å². The minimum absolute atomic E-state index is 0.199. The molecule has 96 valence electrons. The SMILES string of the molecule is CCCC(C#N)C(=O)NCc1ccc(OC)cc1. The van der Waals surface area contributed by atoms with Crippen LogP contribution in [0.5, 0.6) is 5.75 Å². The monoisotopic (exact) mass is 246 g/mol. The zero-order valence-electron chi connectivity index (χ0n) is 10.8. The lowest BCUT2D eigenvalue weighted by Crippen LogP contribution is -2.29. The Morgan fingerprint density at radius 3 is 2.61 bits per heavy atom. The number of hydrogen-bond acceptors (Lipinski definition) is 3. The summed E-state index contributed by atoms with van der Waals surface area (Å²) < 4.78 is 5.05. The van der Waals surface area contributed by atoms with Crippen LogP contribution in [-0.2, 0) is 11.3 Å². The third-order valence-corrected chi connectivity index (χ3v) is 2.68. The van der Waals surface area contributed by atoms with E-state index in [0.717, 1.165) is 17.7 Å². The van der Waals surface area contributed by atoms with Crippen molar-refractivity contribution >= 4 is 5.91 Å². The van der Waals surface area contributed by atoms with Crippen LogP contribution in [0.15, 0.2) is 24.3 Å². The summed E-state index contributed by atoms with van der Waals surface area (Å²) in [7, 11) is 1.61. The molecular formula is C14H18N2O2. The van der Waals surface area contributed by atoms with Crippen molar-refractivity contribution in [3.63, 3.8) is 0 Å². The minimum Gasteiger partial charge on any atom is -0.497 e. The molecule has 1 unspecified atom stereocenters. The van der Waals surface area contributed by atoms with Gasteiger partial charge in [-0.25, -0.2) is 0 Å². The molecule has 0 saturated carbocycles. The van der Waals surface area contributed by atoms with E-state index >= 15 is 0 Å². The number of amides is 1. The van der Waals surface area contributed by atoms with Gasteiger partial charge in [0.1, 0.15) is 11.7 Å². The van der Waals surface area contributed by atoms with Gasteiger partial charge < -0.3 is 10.1 Å². The van der Waals surface area contributed by atoms with Gasteiger partial charge in [-0.3, -0.25) is 4.79 Å². The Kier molecular flexibility index (Phi) is 5.72. The third-order valence-electron chi connectivity index (χ3n) is 2.68. The highest BCUT2D eigenvalue weighted by Crippen LogP contribution is 2.11. The molecule has 1 amide bonds. The van der Waals surface area contributed by atoms with Crippen LogP contribution in [0.1, 0.15) is 25.3 Å². The van der Waals surface area contributed by atoms with Gasteiger partial charge in [0, 0.05) is 6.54 Å². The predicted molar refractivity (Wildman–Crippen MR) is 68.9 cm³/mol. The maximum Gasteiger partial charge on any atom is 0.237 e. The molecule has 1 N–H and O–H groups in total. The van der Waals surface area contributed by atoms with E-state index in [1.165, 1.54) is 0 Å². The first-order valence-electron chi connectivity index (χ1n) is 6.01. The zero-order valence-corrected chi connectivity index (χ0v) is 10.8. The van der Waals surface area contributed by atoms with Crippen molar-refractivity contribution in [2.45, 2.75) is 26.3 Å². The van der Waals surface area contributed by atoms with Crippen LogP contribution in [-0.4, -0.2) is 13.0 Å². The summed E-state index contributed by atoms with van der Waals surface area (Å²) >= 11 is 0. The van der Waals surface area contributed by atoms with Crippen molar-refractivity contribution in [3.8, 4) is 11.8 Å². The molecule has 0 spiro atoms. The largest absolute Gasteiger partial charge is 0.497 e. The highest BCUT2D eigenvalue weighted by atomic mass is 16.5. The lowest BCUT2D eigenvalue weighted by atomic mass is 10.0. The van der Waals surface area contributed by atoms with Crippen molar-refractivity contribution in [3.05, 3.63) is 29.8 Å². The molecule has 4 nitrogen and oxygen atoms in total. The predicted octanol–water partition coefficient (Wildman–Crippen LogP) is 2.25. The van der Waals surface area contributed by atoms with Crippen LogP contribution in [0.2, 0.25) is 0 Å². The van der Waals surface area contributed by atoms with Gasteiger partial charge in [-0.15, -0.1) is 0 Å². The van der Waals surface area contributed by atoms with Crippen LogP contribution >= 0.6 is 0 Å². The number of carbonyl (C=O) groups excluding carboxylic acids is 1. The van der Waals surface area contributed by atoms with Gasteiger partial charge in [-0.2, -0.15) is 5.26 Å². The van der Waals surface area contributed by atoms with Crippen molar-refractivity contribution in [1.29, 1.82) is 5.26 Å². The van der Waals surface area contributed by atoms with Crippen LogP contribution in [0.3, 0.4) is 0 Å². The topological polar surface area (TPSA) is 62.1 Å². The molecule has 0 aromatic heterocycles. The number of nitrogens with zero attached hydrogens (tertiary/aromatic N) is 1. The molecule has 1 atom stereocenters. The smallest absolute Gasteiger partial charge is 0.237 e. The van der Waals surface area contributed by atoms with Crippen molar-refractivity contribution in [1.82, 2.24) is 5.32 Å². The van der Waals surface area contributed by atoms with Gasteiger partial charge >= 0.3 is 0 Å². The van der Waals surface area contributed by atoms with Gasteiger partial charge in [0.2, 0.25) is 5.91 Å². The van der Waals surface area contributed by atoms with Crippen LogP contribution < -0.4 is 10.1 Å². The second kappa shape index (κ2) is 7.33. The van der Waals surface area contributed by atoms with Crippen LogP contribution in [0.4, 0.5) is 0 Å². The van der Waals surface area contributed by atoms with E-state index in [0.29, 0.717) is 13.0 Å². The summed E-state index contributed by atoms with van der Waals surface area (Å²) in [4.78, 5) is 11.7. The Hall–Kier alpha value is -2.02. The van der Waals surface area contributed by atoms with E-state index in [9.17, 15) is 4.79 Å². The standard InChI is InChI=1S/C14H18N2O2/c1-3-4-12(9-15)14(17)16-10-11-5-7-13(18-2)8-6-11/h5-8,12H,3-4,10H2,1-2H3,(H,16,17). The Morgan fingerprint density at radius 1 is 1.44 bits per heavy atom. The molecule has 0 aliphatic carbocycles. The molecule has 0 aliphatic rings. The van der Waals surface area contributed by atoms with Gasteiger partial charge in [-0.1, -0.05) is 25.5 Å². The Labute approximate surface area is 108 Å². The van der Waals surface area contributed by atoms with E-state index in [-0.39, 0.29) is 5.91 Å². The molecule has 1 aromatic carbocycles. The fourth-order valence-corrected chi connectivity index (χ4v) is 1.60. The fourth-order valence-electron chi connectivity index (χ4n) is 1.60. The molecule has 0 aliphatic heterocycles. The first-order chi connectivity index (χ1) is 8.71. The Morgan fingerprint density at radius 2 is 2.11 bits per heavy atom. The Balaban J connectivity index is 2.48. The quantitative estimate of drug-likeness (QED) is 0.837. The summed E-state index contributed by atoms with van der Waals surface area (Å²) in [6, 6.07) is 9.49. The molecule has 1 aromatic rings. The van der Waals surface area contributed by atoms with Crippen molar-refractivity contribution in [2.75, 3.05) is 7.11 Å². The lowest BCUT2D eigenvalue weighted by Gasteiger charge is -2.09. The number of benzene rings is 1. The number of carbonyl (C=O) groups is 1. The second-order valence-electron chi connectivity index (χ2n) is 4.04. The van der Waals surface area contributed by atoms with Crippen LogP contribution in [0, 0.1) is 17.2 Å². The maximum atomic E-state index is 11.7. The van der Waals surface area contributed by atoms with Crippen molar-refractivity contribution < 1.29 is 9.53 Å². The summed E-state index contributed by atoms with van der Waals surface area (Å²) in [5.74, 6) is 0.0365. The zero-order chi connectivity index (χ0) is 13.4. The maximum absolute atomic E-state index is 11.7. The first kappa shape index (κ1) is 14.0.